The second-order valence-corrected chi connectivity index (χ2v) is 5.38. The number of ether oxygens (including phenoxy) is 4. The molecule has 0 aliphatic carbocycles. The molecule has 0 bridgehead atoms. The molecule has 27 heavy (non-hydrogen) atoms. The van der Waals surface area contributed by atoms with Gasteiger partial charge in [-0.1, -0.05) is 12.1 Å². The Labute approximate surface area is 156 Å². The number of carbonyl (C=O) groups excluding carboxylic acids is 3. The number of hydrogen-bond acceptors (Lipinski definition) is 8. The van der Waals surface area contributed by atoms with Crippen LogP contribution in [0.1, 0.15) is 28.9 Å². The predicted molar refractivity (Wildman–Crippen MR) is 93.6 cm³/mol. The van der Waals surface area contributed by atoms with Crippen LogP contribution in [0.3, 0.4) is 0 Å². The van der Waals surface area contributed by atoms with E-state index in [0.29, 0.717) is 17.2 Å². The smallest absolute Gasteiger partial charge is 0.345 e. The summed E-state index contributed by atoms with van der Waals surface area (Å²) < 4.78 is 19.9. The lowest BCUT2D eigenvalue weighted by molar-refractivity contribution is -0.160. The number of esters is 2. The highest BCUT2D eigenvalue weighted by molar-refractivity contribution is 6.00. The lowest BCUT2D eigenvalue weighted by atomic mass is 10.0. The van der Waals surface area contributed by atoms with Crippen LogP contribution in [-0.2, 0) is 19.1 Å². The number of benzene rings is 1. The van der Waals surface area contributed by atoms with Gasteiger partial charge < -0.3 is 18.9 Å². The first-order chi connectivity index (χ1) is 12.9. The van der Waals surface area contributed by atoms with Crippen LogP contribution in [0.5, 0.6) is 11.6 Å². The van der Waals surface area contributed by atoms with Crippen molar-refractivity contribution in [2.24, 2.45) is 0 Å². The van der Waals surface area contributed by atoms with E-state index in [2.05, 4.69) is 9.72 Å². The minimum Gasteiger partial charge on any atom is -0.497 e. The van der Waals surface area contributed by atoms with Gasteiger partial charge in [-0.2, -0.15) is 0 Å². The number of aromatic nitrogens is 1. The number of methoxy groups -OCH3 is 2. The summed E-state index contributed by atoms with van der Waals surface area (Å²) in [7, 11) is 2.97. The normalized spacial score (nSPS) is 11.2. The molecule has 0 spiro atoms. The van der Waals surface area contributed by atoms with Gasteiger partial charge in [-0.05, 0) is 18.2 Å². The van der Waals surface area contributed by atoms with E-state index < -0.39 is 30.4 Å². The lowest BCUT2D eigenvalue weighted by Crippen LogP contribution is -2.23. The fourth-order valence-corrected chi connectivity index (χ4v) is 2.18. The number of hydrogen-bond donors (Lipinski definition) is 0. The Bertz CT molecular complexity index is 800. The molecular weight excluding hydrogens is 354 g/mol. The second kappa shape index (κ2) is 9.33. The molecule has 1 heterocycles. The third-order valence-corrected chi connectivity index (χ3v) is 3.53. The van der Waals surface area contributed by atoms with Crippen molar-refractivity contribution in [3.63, 3.8) is 0 Å². The van der Waals surface area contributed by atoms with Crippen molar-refractivity contribution in [1.29, 1.82) is 0 Å². The standard InChI is InChI=1S/C19H19NO7/c1-12(21)26-11-17(22)27-19(13-4-7-15(24-2)8-5-13)18(23)14-6-9-16(25-3)20-10-14/h4-10,19H,11H2,1-3H3. The fraction of sp³-hybridized carbons (Fsp3) is 0.263. The fourth-order valence-electron chi connectivity index (χ4n) is 2.18. The van der Waals surface area contributed by atoms with Gasteiger partial charge in [-0.25, -0.2) is 9.78 Å². The molecule has 0 fully saturated rings. The summed E-state index contributed by atoms with van der Waals surface area (Å²) in [5.41, 5.74) is 0.671. The zero-order valence-electron chi connectivity index (χ0n) is 15.1. The van der Waals surface area contributed by atoms with Gasteiger partial charge >= 0.3 is 11.9 Å². The van der Waals surface area contributed by atoms with E-state index in [1.54, 1.807) is 24.3 Å². The van der Waals surface area contributed by atoms with Gasteiger partial charge in [0.25, 0.3) is 0 Å². The molecular formula is C19H19NO7. The molecule has 0 saturated heterocycles. The van der Waals surface area contributed by atoms with E-state index in [0.717, 1.165) is 0 Å². The Morgan fingerprint density at radius 1 is 1.00 bits per heavy atom. The summed E-state index contributed by atoms with van der Waals surface area (Å²) >= 11 is 0. The van der Waals surface area contributed by atoms with Gasteiger partial charge in [-0.3, -0.25) is 9.59 Å². The van der Waals surface area contributed by atoms with Crippen molar-refractivity contribution in [1.82, 2.24) is 4.98 Å². The van der Waals surface area contributed by atoms with E-state index in [4.69, 9.17) is 14.2 Å². The monoisotopic (exact) mass is 373 g/mol. The number of nitrogens with zero attached hydrogens (tertiary/aromatic N) is 1. The van der Waals surface area contributed by atoms with Crippen LogP contribution in [0.4, 0.5) is 0 Å². The van der Waals surface area contributed by atoms with Gasteiger partial charge in [0, 0.05) is 30.3 Å². The third kappa shape index (κ3) is 5.53. The molecule has 0 radical (unpaired) electrons. The molecule has 1 unspecified atom stereocenters. The first-order valence-electron chi connectivity index (χ1n) is 7.95. The Hall–Kier alpha value is -3.42. The Morgan fingerprint density at radius 2 is 1.70 bits per heavy atom. The summed E-state index contributed by atoms with van der Waals surface area (Å²) in [5, 5.41) is 0. The van der Waals surface area contributed by atoms with Gasteiger partial charge in [-0.15, -0.1) is 0 Å². The van der Waals surface area contributed by atoms with Gasteiger partial charge in [0.05, 0.1) is 14.2 Å². The van der Waals surface area contributed by atoms with Crippen molar-refractivity contribution in [3.05, 3.63) is 53.7 Å². The number of Topliss-reactive ketones (excluding diaryl/α,β-unsaturated/α-hetero) is 1. The molecule has 1 atom stereocenters. The number of ketones is 1. The molecule has 2 aromatic rings. The molecule has 0 N–H and O–H groups in total. The summed E-state index contributed by atoms with van der Waals surface area (Å²) in [6, 6.07) is 9.54. The molecule has 8 nitrogen and oxygen atoms in total. The highest BCUT2D eigenvalue weighted by Gasteiger charge is 2.27. The Morgan fingerprint density at radius 3 is 2.22 bits per heavy atom. The maximum Gasteiger partial charge on any atom is 0.345 e. The maximum atomic E-state index is 12.9. The second-order valence-electron chi connectivity index (χ2n) is 5.38. The van der Waals surface area contributed by atoms with Crippen molar-refractivity contribution in [2.75, 3.05) is 20.8 Å². The zero-order valence-corrected chi connectivity index (χ0v) is 15.1. The van der Waals surface area contributed by atoms with Gasteiger partial charge in [0.15, 0.2) is 12.7 Å². The minimum atomic E-state index is -1.23. The minimum absolute atomic E-state index is 0.233. The Kier molecular flexibility index (Phi) is 6.87. The van der Waals surface area contributed by atoms with Crippen molar-refractivity contribution in [2.45, 2.75) is 13.0 Å². The highest BCUT2D eigenvalue weighted by atomic mass is 16.6. The number of pyridine rings is 1. The van der Waals surface area contributed by atoms with Crippen LogP contribution in [0.2, 0.25) is 0 Å². The number of carbonyl (C=O) groups is 3. The molecule has 0 saturated carbocycles. The summed E-state index contributed by atoms with van der Waals surface area (Å²) in [6.45, 7) is 0.582. The molecule has 142 valence electrons. The van der Waals surface area contributed by atoms with E-state index >= 15 is 0 Å². The van der Waals surface area contributed by atoms with E-state index in [-0.39, 0.29) is 5.56 Å². The average Bonchev–Trinajstić information content (AvgIpc) is 2.70. The van der Waals surface area contributed by atoms with Crippen LogP contribution in [-0.4, -0.2) is 43.5 Å². The van der Waals surface area contributed by atoms with Crippen molar-refractivity contribution in [3.8, 4) is 11.6 Å². The quantitative estimate of drug-likeness (QED) is 0.512. The topological polar surface area (TPSA) is 101 Å². The summed E-state index contributed by atoms with van der Waals surface area (Å²) in [6.07, 6.45) is 0.103. The number of rotatable bonds is 8. The van der Waals surface area contributed by atoms with Gasteiger partial charge in [0.2, 0.25) is 11.7 Å². The molecule has 0 amide bonds. The highest BCUT2D eigenvalue weighted by Crippen LogP contribution is 2.25. The van der Waals surface area contributed by atoms with Crippen LogP contribution >= 0.6 is 0 Å². The van der Waals surface area contributed by atoms with Crippen LogP contribution in [0.25, 0.3) is 0 Å². The molecule has 2 rings (SSSR count). The van der Waals surface area contributed by atoms with E-state index in [1.807, 2.05) is 0 Å². The Balaban J connectivity index is 2.27. The van der Waals surface area contributed by atoms with Crippen LogP contribution < -0.4 is 9.47 Å². The molecule has 0 aliphatic rings. The van der Waals surface area contributed by atoms with Crippen LogP contribution in [0, 0.1) is 0 Å². The molecule has 1 aromatic heterocycles. The zero-order chi connectivity index (χ0) is 19.8. The van der Waals surface area contributed by atoms with E-state index in [9.17, 15) is 14.4 Å². The average molecular weight is 373 g/mol. The molecule has 1 aromatic carbocycles. The largest absolute Gasteiger partial charge is 0.497 e. The maximum absolute atomic E-state index is 12.9. The third-order valence-electron chi connectivity index (χ3n) is 3.53. The first kappa shape index (κ1) is 19.9. The summed E-state index contributed by atoms with van der Waals surface area (Å²) in [4.78, 5) is 39.7. The van der Waals surface area contributed by atoms with Crippen molar-refractivity contribution < 1.29 is 33.3 Å². The molecule has 0 aliphatic heterocycles. The summed E-state index contributed by atoms with van der Waals surface area (Å²) in [5.74, 6) is -1.02. The lowest BCUT2D eigenvalue weighted by Gasteiger charge is -2.17. The molecule has 8 heteroatoms. The first-order valence-corrected chi connectivity index (χ1v) is 7.95. The van der Waals surface area contributed by atoms with Crippen molar-refractivity contribution >= 4 is 17.7 Å². The van der Waals surface area contributed by atoms with Gasteiger partial charge in [0.1, 0.15) is 5.75 Å². The predicted octanol–water partition coefficient (Wildman–Crippen LogP) is 2.13. The van der Waals surface area contributed by atoms with Crippen LogP contribution in [0.15, 0.2) is 42.6 Å². The SMILES string of the molecule is COc1ccc(C(OC(=O)COC(C)=O)C(=O)c2ccc(OC)nc2)cc1. The van der Waals surface area contributed by atoms with E-state index in [1.165, 1.54) is 39.5 Å².